The van der Waals surface area contributed by atoms with Crippen LogP contribution >= 0.6 is 24.8 Å². The van der Waals surface area contributed by atoms with Crippen molar-refractivity contribution in [3.8, 4) is 5.75 Å². The second-order valence-corrected chi connectivity index (χ2v) is 6.27. The second-order valence-electron chi connectivity index (χ2n) is 6.27. The van der Waals surface area contributed by atoms with Gasteiger partial charge in [0, 0.05) is 49.9 Å². The fourth-order valence-electron chi connectivity index (χ4n) is 2.94. The molecule has 1 fully saturated rings. The van der Waals surface area contributed by atoms with Gasteiger partial charge in [0.1, 0.15) is 5.75 Å². The molecule has 138 valence electrons. The number of hydrogen-bond acceptors (Lipinski definition) is 5. The molecule has 1 aromatic rings. The second kappa shape index (κ2) is 10.7. The average Bonchev–Trinajstić information content (AvgIpc) is 2.49. The van der Waals surface area contributed by atoms with E-state index in [1.807, 2.05) is 0 Å². The lowest BCUT2D eigenvalue weighted by Crippen LogP contribution is -2.45. The highest BCUT2D eigenvalue weighted by atomic mass is 35.5. The number of benzene rings is 1. The van der Waals surface area contributed by atoms with Gasteiger partial charge in [0.2, 0.25) is 0 Å². The third-order valence-corrected chi connectivity index (χ3v) is 4.19. The fourth-order valence-corrected chi connectivity index (χ4v) is 2.94. The molecule has 0 radical (unpaired) electrons. The van der Waals surface area contributed by atoms with Gasteiger partial charge in [0.15, 0.2) is 0 Å². The van der Waals surface area contributed by atoms with Gasteiger partial charge in [-0.1, -0.05) is 13.8 Å². The van der Waals surface area contributed by atoms with Crippen LogP contribution < -0.4 is 5.32 Å². The molecule has 2 N–H and O–H groups in total. The number of nitrogens with zero attached hydrogens (tertiary/aromatic N) is 2. The van der Waals surface area contributed by atoms with Crippen LogP contribution in [0, 0.1) is 16.0 Å². The molecule has 1 aromatic carbocycles. The van der Waals surface area contributed by atoms with Crippen molar-refractivity contribution in [2.75, 3.05) is 26.2 Å². The molecule has 0 saturated carbocycles. The van der Waals surface area contributed by atoms with E-state index in [9.17, 15) is 15.2 Å². The molecular weight excluding hydrogens is 353 g/mol. The highest BCUT2D eigenvalue weighted by Gasteiger charge is 2.26. The summed E-state index contributed by atoms with van der Waals surface area (Å²) < 4.78 is 0. The summed E-state index contributed by atoms with van der Waals surface area (Å²) in [6.07, 6.45) is 1.92. The maximum atomic E-state index is 11.0. The van der Waals surface area contributed by atoms with E-state index < -0.39 is 4.92 Å². The first-order valence-electron chi connectivity index (χ1n) is 7.91. The van der Waals surface area contributed by atoms with E-state index in [-0.39, 0.29) is 42.3 Å². The van der Waals surface area contributed by atoms with Crippen molar-refractivity contribution in [1.29, 1.82) is 0 Å². The lowest BCUT2D eigenvalue weighted by Gasteiger charge is -2.35. The van der Waals surface area contributed by atoms with Crippen molar-refractivity contribution in [2.24, 2.45) is 5.92 Å². The van der Waals surface area contributed by atoms with Crippen molar-refractivity contribution in [3.63, 3.8) is 0 Å². The number of nitro groups is 1. The molecule has 1 aliphatic rings. The molecule has 2 rings (SSSR count). The zero-order valence-corrected chi connectivity index (χ0v) is 15.7. The Hall–Kier alpha value is -1.08. The van der Waals surface area contributed by atoms with Crippen LogP contribution in [0.3, 0.4) is 0 Å². The predicted molar refractivity (Wildman–Crippen MR) is 101 cm³/mol. The van der Waals surface area contributed by atoms with Crippen molar-refractivity contribution in [3.05, 3.63) is 33.9 Å². The Morgan fingerprint density at radius 3 is 2.42 bits per heavy atom. The van der Waals surface area contributed by atoms with E-state index in [1.54, 1.807) is 0 Å². The highest BCUT2D eigenvalue weighted by molar-refractivity contribution is 5.85. The predicted octanol–water partition coefficient (Wildman–Crippen LogP) is 3.53. The summed E-state index contributed by atoms with van der Waals surface area (Å²) in [6.45, 7) is 7.95. The van der Waals surface area contributed by atoms with Gasteiger partial charge in [0.25, 0.3) is 5.69 Å². The molecule has 1 saturated heterocycles. The van der Waals surface area contributed by atoms with Gasteiger partial charge in [-0.15, -0.1) is 24.8 Å². The first-order chi connectivity index (χ1) is 10.5. The van der Waals surface area contributed by atoms with Gasteiger partial charge in [-0.3, -0.25) is 15.0 Å². The van der Waals surface area contributed by atoms with Crippen LogP contribution in [0.5, 0.6) is 5.75 Å². The van der Waals surface area contributed by atoms with Crippen LogP contribution in [0.1, 0.15) is 38.3 Å². The summed E-state index contributed by atoms with van der Waals surface area (Å²) in [5.74, 6) is 0.712. The zero-order valence-electron chi connectivity index (χ0n) is 14.1. The molecule has 0 bridgehead atoms. The molecular formula is C16H27Cl2N3O3. The molecule has 0 aliphatic carbocycles. The van der Waals surface area contributed by atoms with E-state index in [1.165, 1.54) is 18.2 Å². The summed E-state index contributed by atoms with van der Waals surface area (Å²) in [5.41, 5.74) is 0.717. The lowest BCUT2D eigenvalue weighted by atomic mass is 9.94. The van der Waals surface area contributed by atoms with Crippen molar-refractivity contribution < 1.29 is 10.0 Å². The molecule has 0 spiro atoms. The highest BCUT2D eigenvalue weighted by Crippen LogP contribution is 2.35. The Bertz CT molecular complexity index is 523. The number of aromatic hydroxyl groups is 1. The van der Waals surface area contributed by atoms with Gasteiger partial charge in [-0.25, -0.2) is 0 Å². The van der Waals surface area contributed by atoms with Crippen molar-refractivity contribution in [1.82, 2.24) is 10.2 Å². The number of halogens is 2. The topological polar surface area (TPSA) is 78.6 Å². The van der Waals surface area contributed by atoms with Crippen LogP contribution in [0.4, 0.5) is 5.69 Å². The molecule has 0 amide bonds. The fraction of sp³-hybridized carbons (Fsp3) is 0.625. The third kappa shape index (κ3) is 6.09. The number of phenolic OH excluding ortho intramolecular Hbond substituents is 1. The number of rotatable bonds is 6. The monoisotopic (exact) mass is 379 g/mol. The number of hydrogen-bond donors (Lipinski definition) is 2. The molecule has 0 unspecified atom stereocenters. The van der Waals surface area contributed by atoms with E-state index in [0.717, 1.165) is 39.0 Å². The minimum absolute atomic E-state index is 0. The number of phenols is 1. The Morgan fingerprint density at radius 2 is 1.88 bits per heavy atom. The SMILES string of the molecule is CC(C)CC[C@H](c1cc([N+](=O)[O-])ccc1O)N1CCNCC1.Cl.Cl. The van der Waals surface area contributed by atoms with E-state index in [4.69, 9.17) is 0 Å². The molecule has 1 atom stereocenters. The maximum absolute atomic E-state index is 11.0. The Morgan fingerprint density at radius 1 is 1.25 bits per heavy atom. The van der Waals surface area contributed by atoms with E-state index in [0.29, 0.717) is 11.5 Å². The molecule has 8 heteroatoms. The standard InChI is InChI=1S/C16H25N3O3.2ClH/c1-12(2)3-5-15(18-9-7-17-8-10-18)14-11-13(19(21)22)4-6-16(14)20;;/h4,6,11-12,15,17,20H,3,5,7-10H2,1-2H3;2*1H/t15-;;/m1../s1. The Kier molecular flexibility index (Phi) is 10.2. The minimum atomic E-state index is -0.403. The van der Waals surface area contributed by atoms with E-state index >= 15 is 0 Å². The quantitative estimate of drug-likeness (QED) is 0.583. The Labute approximate surface area is 155 Å². The minimum Gasteiger partial charge on any atom is -0.508 e. The van der Waals surface area contributed by atoms with Crippen LogP contribution in [0.25, 0.3) is 0 Å². The van der Waals surface area contributed by atoms with Crippen LogP contribution in [-0.2, 0) is 0 Å². The van der Waals surface area contributed by atoms with Crippen molar-refractivity contribution >= 4 is 30.5 Å². The summed E-state index contributed by atoms with van der Waals surface area (Å²) in [7, 11) is 0. The first kappa shape index (κ1) is 22.9. The molecule has 6 nitrogen and oxygen atoms in total. The number of nitrogens with one attached hydrogen (secondary N) is 1. The lowest BCUT2D eigenvalue weighted by molar-refractivity contribution is -0.385. The summed E-state index contributed by atoms with van der Waals surface area (Å²) in [6, 6.07) is 4.36. The van der Waals surface area contributed by atoms with Gasteiger partial charge in [-0.2, -0.15) is 0 Å². The maximum Gasteiger partial charge on any atom is 0.270 e. The largest absolute Gasteiger partial charge is 0.508 e. The Balaban J connectivity index is 0.00000264. The molecule has 1 aliphatic heterocycles. The number of nitro benzene ring substituents is 1. The molecule has 24 heavy (non-hydrogen) atoms. The summed E-state index contributed by atoms with van der Waals surface area (Å²) in [5, 5.41) is 24.6. The van der Waals surface area contributed by atoms with Gasteiger partial charge in [-0.05, 0) is 24.8 Å². The van der Waals surface area contributed by atoms with Gasteiger partial charge in [0.05, 0.1) is 4.92 Å². The molecule has 0 aromatic heterocycles. The summed E-state index contributed by atoms with van der Waals surface area (Å²) >= 11 is 0. The molecule has 1 heterocycles. The first-order valence-corrected chi connectivity index (χ1v) is 7.91. The van der Waals surface area contributed by atoms with Gasteiger partial charge >= 0.3 is 0 Å². The summed E-state index contributed by atoms with van der Waals surface area (Å²) in [4.78, 5) is 12.9. The van der Waals surface area contributed by atoms with Crippen LogP contribution in [0.15, 0.2) is 18.2 Å². The normalized spacial score (nSPS) is 16.1. The van der Waals surface area contributed by atoms with Gasteiger partial charge < -0.3 is 10.4 Å². The smallest absolute Gasteiger partial charge is 0.270 e. The van der Waals surface area contributed by atoms with Crippen LogP contribution in [-0.4, -0.2) is 41.1 Å². The third-order valence-electron chi connectivity index (χ3n) is 4.19. The van der Waals surface area contributed by atoms with E-state index in [2.05, 4.69) is 24.1 Å². The number of non-ortho nitro benzene ring substituents is 1. The zero-order chi connectivity index (χ0) is 16.1. The van der Waals surface area contributed by atoms with Crippen LogP contribution in [0.2, 0.25) is 0 Å². The average molecular weight is 380 g/mol. The van der Waals surface area contributed by atoms with Crippen molar-refractivity contribution in [2.45, 2.75) is 32.7 Å². The number of piperazine rings is 1.